The average molecular weight is 285 g/mol. The number of aliphatic hydroxyl groups excluding tert-OH is 1. The van der Waals surface area contributed by atoms with Crippen LogP contribution in [-0.4, -0.2) is 42.0 Å². The minimum atomic E-state index is -1.40. The average Bonchev–Trinajstić information content (AvgIpc) is 2.89. The SMILES string of the molecule is NC(=O)C(O)CNC(=O)CCNC(=O)c1cccs1. The van der Waals surface area contributed by atoms with Crippen LogP contribution in [0.1, 0.15) is 16.1 Å². The highest BCUT2D eigenvalue weighted by Crippen LogP contribution is 2.07. The monoisotopic (exact) mass is 285 g/mol. The smallest absolute Gasteiger partial charge is 0.261 e. The van der Waals surface area contributed by atoms with Crippen molar-refractivity contribution in [3.8, 4) is 0 Å². The van der Waals surface area contributed by atoms with E-state index in [9.17, 15) is 14.4 Å². The highest BCUT2D eigenvalue weighted by atomic mass is 32.1. The van der Waals surface area contributed by atoms with E-state index in [-0.39, 0.29) is 31.3 Å². The quantitative estimate of drug-likeness (QED) is 0.504. The van der Waals surface area contributed by atoms with E-state index in [2.05, 4.69) is 10.6 Å². The van der Waals surface area contributed by atoms with Gasteiger partial charge in [0.15, 0.2) is 0 Å². The minimum Gasteiger partial charge on any atom is -0.381 e. The lowest BCUT2D eigenvalue weighted by atomic mass is 10.3. The molecule has 1 aromatic heterocycles. The maximum Gasteiger partial charge on any atom is 0.261 e. The molecule has 0 aromatic carbocycles. The first kappa shape index (κ1) is 15.1. The number of carbonyl (C=O) groups excluding carboxylic acids is 3. The fraction of sp³-hybridized carbons (Fsp3) is 0.364. The predicted molar refractivity (Wildman–Crippen MR) is 69.5 cm³/mol. The predicted octanol–water partition coefficient (Wildman–Crippen LogP) is -1.17. The molecule has 104 valence electrons. The molecule has 8 heteroatoms. The molecule has 1 unspecified atom stereocenters. The molecule has 0 fully saturated rings. The van der Waals surface area contributed by atoms with Crippen molar-refractivity contribution in [1.82, 2.24) is 10.6 Å². The fourth-order valence-electron chi connectivity index (χ4n) is 1.18. The van der Waals surface area contributed by atoms with Gasteiger partial charge in [0.2, 0.25) is 11.8 Å². The Morgan fingerprint density at radius 3 is 2.68 bits per heavy atom. The Morgan fingerprint density at radius 1 is 1.37 bits per heavy atom. The van der Waals surface area contributed by atoms with Crippen LogP contribution in [0, 0.1) is 0 Å². The Balaban J connectivity index is 2.17. The number of rotatable bonds is 7. The Bertz CT molecular complexity index is 447. The number of primary amides is 1. The van der Waals surface area contributed by atoms with Gasteiger partial charge in [-0.25, -0.2) is 0 Å². The largest absolute Gasteiger partial charge is 0.381 e. The molecule has 1 heterocycles. The summed E-state index contributed by atoms with van der Waals surface area (Å²) in [5.41, 5.74) is 4.82. The van der Waals surface area contributed by atoms with Gasteiger partial charge in [0.1, 0.15) is 6.10 Å². The van der Waals surface area contributed by atoms with E-state index in [4.69, 9.17) is 10.8 Å². The van der Waals surface area contributed by atoms with E-state index in [1.165, 1.54) is 11.3 Å². The number of nitrogens with two attached hydrogens (primary N) is 1. The van der Waals surface area contributed by atoms with Gasteiger partial charge in [0, 0.05) is 13.0 Å². The van der Waals surface area contributed by atoms with Crippen molar-refractivity contribution in [3.63, 3.8) is 0 Å². The lowest BCUT2D eigenvalue weighted by molar-refractivity contribution is -0.127. The maximum atomic E-state index is 11.5. The van der Waals surface area contributed by atoms with Crippen molar-refractivity contribution in [3.05, 3.63) is 22.4 Å². The molecule has 0 aliphatic rings. The van der Waals surface area contributed by atoms with E-state index in [1.807, 2.05) is 0 Å². The first-order valence-electron chi connectivity index (χ1n) is 5.56. The summed E-state index contributed by atoms with van der Waals surface area (Å²) >= 11 is 1.31. The van der Waals surface area contributed by atoms with Gasteiger partial charge in [-0.15, -0.1) is 11.3 Å². The van der Waals surface area contributed by atoms with Crippen LogP contribution >= 0.6 is 11.3 Å². The second-order valence-corrected chi connectivity index (χ2v) is 4.65. The van der Waals surface area contributed by atoms with Crippen molar-refractivity contribution in [1.29, 1.82) is 0 Å². The highest BCUT2D eigenvalue weighted by Gasteiger charge is 2.12. The van der Waals surface area contributed by atoms with E-state index in [0.29, 0.717) is 4.88 Å². The zero-order chi connectivity index (χ0) is 14.3. The van der Waals surface area contributed by atoms with E-state index < -0.39 is 12.0 Å². The number of carbonyl (C=O) groups is 3. The Hall–Kier alpha value is -1.93. The molecule has 19 heavy (non-hydrogen) atoms. The van der Waals surface area contributed by atoms with Crippen molar-refractivity contribution in [2.75, 3.05) is 13.1 Å². The van der Waals surface area contributed by atoms with Crippen molar-refractivity contribution in [2.24, 2.45) is 5.73 Å². The number of thiophene rings is 1. The molecule has 0 radical (unpaired) electrons. The van der Waals surface area contributed by atoms with Crippen LogP contribution in [0.4, 0.5) is 0 Å². The van der Waals surface area contributed by atoms with Crippen LogP contribution in [-0.2, 0) is 9.59 Å². The molecule has 1 aromatic rings. The van der Waals surface area contributed by atoms with Crippen LogP contribution in [0.25, 0.3) is 0 Å². The third-order valence-electron chi connectivity index (χ3n) is 2.20. The van der Waals surface area contributed by atoms with Crippen molar-refractivity contribution >= 4 is 29.1 Å². The topological polar surface area (TPSA) is 122 Å². The third kappa shape index (κ3) is 5.49. The van der Waals surface area contributed by atoms with Gasteiger partial charge in [-0.1, -0.05) is 6.07 Å². The second kappa shape index (κ2) is 7.49. The number of hydrogen-bond donors (Lipinski definition) is 4. The normalized spacial score (nSPS) is 11.6. The van der Waals surface area contributed by atoms with Gasteiger partial charge in [-0.05, 0) is 11.4 Å². The molecule has 5 N–H and O–H groups in total. The lowest BCUT2D eigenvalue weighted by Gasteiger charge is -2.08. The van der Waals surface area contributed by atoms with Gasteiger partial charge in [-0.3, -0.25) is 14.4 Å². The van der Waals surface area contributed by atoms with Crippen molar-refractivity contribution < 1.29 is 19.5 Å². The standard InChI is InChI=1S/C11H15N3O4S/c12-10(17)7(15)6-14-9(16)3-4-13-11(18)8-2-1-5-19-8/h1-2,5,7,15H,3-4,6H2,(H2,12,17)(H,13,18)(H,14,16). The Morgan fingerprint density at radius 2 is 2.11 bits per heavy atom. The second-order valence-electron chi connectivity index (χ2n) is 3.71. The molecule has 0 bridgehead atoms. The van der Waals surface area contributed by atoms with Gasteiger partial charge in [0.05, 0.1) is 11.4 Å². The molecule has 0 aliphatic carbocycles. The first-order valence-corrected chi connectivity index (χ1v) is 6.44. The Kier molecular flexibility index (Phi) is 5.97. The summed E-state index contributed by atoms with van der Waals surface area (Å²) in [7, 11) is 0. The molecule has 0 aliphatic heterocycles. The van der Waals surface area contributed by atoms with E-state index in [1.54, 1.807) is 17.5 Å². The number of aliphatic hydroxyl groups is 1. The van der Waals surface area contributed by atoms with E-state index in [0.717, 1.165) is 0 Å². The van der Waals surface area contributed by atoms with Crippen molar-refractivity contribution in [2.45, 2.75) is 12.5 Å². The van der Waals surface area contributed by atoms with Crippen LogP contribution in [0.5, 0.6) is 0 Å². The Labute approximate surface area is 113 Å². The summed E-state index contributed by atoms with van der Waals surface area (Å²) in [5.74, 6) is -1.52. The van der Waals surface area contributed by atoms with Crippen LogP contribution in [0.2, 0.25) is 0 Å². The zero-order valence-electron chi connectivity index (χ0n) is 10.1. The molecule has 7 nitrogen and oxygen atoms in total. The summed E-state index contributed by atoms with van der Waals surface area (Å²) in [6, 6.07) is 3.45. The maximum absolute atomic E-state index is 11.5. The van der Waals surface area contributed by atoms with Crippen LogP contribution < -0.4 is 16.4 Å². The molecular formula is C11H15N3O4S. The molecule has 1 atom stereocenters. The molecule has 0 saturated carbocycles. The highest BCUT2D eigenvalue weighted by molar-refractivity contribution is 7.12. The zero-order valence-corrected chi connectivity index (χ0v) is 10.9. The summed E-state index contributed by atoms with van der Waals surface area (Å²) in [6.07, 6.45) is -1.34. The lowest BCUT2D eigenvalue weighted by Crippen LogP contribution is -2.40. The molecule has 3 amide bonds. The third-order valence-corrected chi connectivity index (χ3v) is 3.07. The summed E-state index contributed by atoms with van der Waals surface area (Å²) in [5, 5.41) is 15.8. The minimum absolute atomic E-state index is 0.0581. The van der Waals surface area contributed by atoms with Gasteiger partial charge < -0.3 is 21.5 Å². The molecule has 1 rings (SSSR count). The molecule has 0 spiro atoms. The number of amides is 3. The fourth-order valence-corrected chi connectivity index (χ4v) is 1.82. The summed E-state index contributed by atoms with van der Waals surface area (Å²) < 4.78 is 0. The van der Waals surface area contributed by atoms with Gasteiger partial charge in [-0.2, -0.15) is 0 Å². The number of nitrogens with one attached hydrogen (secondary N) is 2. The summed E-state index contributed by atoms with van der Waals surface area (Å²) in [4.78, 5) is 33.9. The molecule has 0 saturated heterocycles. The number of hydrogen-bond acceptors (Lipinski definition) is 5. The van der Waals surface area contributed by atoms with Gasteiger partial charge in [0.25, 0.3) is 5.91 Å². The summed E-state index contributed by atoms with van der Waals surface area (Å²) in [6.45, 7) is -0.0533. The van der Waals surface area contributed by atoms with Gasteiger partial charge >= 0.3 is 0 Å². The van der Waals surface area contributed by atoms with Crippen LogP contribution in [0.15, 0.2) is 17.5 Å². The first-order chi connectivity index (χ1) is 9.00. The van der Waals surface area contributed by atoms with E-state index >= 15 is 0 Å². The van der Waals surface area contributed by atoms with Crippen LogP contribution in [0.3, 0.4) is 0 Å². The molecular weight excluding hydrogens is 270 g/mol.